The second-order valence-electron chi connectivity index (χ2n) is 7.08. The quantitative estimate of drug-likeness (QED) is 0.463. The summed E-state index contributed by atoms with van der Waals surface area (Å²) in [6.07, 6.45) is 0.533. The molecule has 9 heteroatoms. The molecule has 1 heterocycles. The van der Waals surface area contributed by atoms with Crippen LogP contribution >= 0.6 is 11.6 Å². The van der Waals surface area contributed by atoms with Crippen LogP contribution in [0, 0.1) is 12.7 Å². The number of aromatic nitrogens is 1. The van der Waals surface area contributed by atoms with E-state index < -0.39 is 22.7 Å². The molecule has 2 aromatic carbocycles. The largest absolute Gasteiger partial charge is 0.456 e. The Morgan fingerprint density at radius 1 is 1.09 bits per heavy atom. The zero-order valence-corrected chi connectivity index (χ0v) is 17.7. The van der Waals surface area contributed by atoms with Crippen molar-refractivity contribution < 1.29 is 27.1 Å². The van der Waals surface area contributed by atoms with Crippen molar-refractivity contribution in [3.05, 3.63) is 87.4 Å². The Morgan fingerprint density at radius 2 is 1.75 bits per heavy atom. The van der Waals surface area contributed by atoms with Crippen molar-refractivity contribution in [2.24, 2.45) is 5.73 Å². The van der Waals surface area contributed by atoms with Crippen LogP contribution in [-0.4, -0.2) is 10.9 Å². The number of halogens is 5. The lowest BCUT2D eigenvalue weighted by Crippen LogP contribution is -2.17. The zero-order chi connectivity index (χ0) is 23.5. The molecule has 3 aromatic rings. The molecule has 0 saturated carbocycles. The van der Waals surface area contributed by atoms with Crippen LogP contribution in [0.1, 0.15) is 39.0 Å². The predicted molar refractivity (Wildman–Crippen MR) is 112 cm³/mol. The molecule has 0 unspecified atom stereocenters. The molecule has 1 aromatic heterocycles. The van der Waals surface area contributed by atoms with Crippen molar-refractivity contribution in [2.45, 2.75) is 32.4 Å². The summed E-state index contributed by atoms with van der Waals surface area (Å²) in [6.45, 7) is 1.26. The van der Waals surface area contributed by atoms with E-state index in [0.29, 0.717) is 36.5 Å². The number of benzene rings is 2. The molecule has 0 saturated heterocycles. The maximum Gasteiger partial charge on any atom is 0.417 e. The van der Waals surface area contributed by atoms with Gasteiger partial charge in [0.25, 0.3) is 5.91 Å². The van der Waals surface area contributed by atoms with Gasteiger partial charge in [-0.15, -0.1) is 0 Å². The lowest BCUT2D eigenvalue weighted by molar-refractivity contribution is -0.137. The summed E-state index contributed by atoms with van der Waals surface area (Å²) in [5.74, 6) is -1.50. The van der Waals surface area contributed by atoms with Crippen molar-refractivity contribution in [2.75, 3.05) is 0 Å². The van der Waals surface area contributed by atoms with Gasteiger partial charge in [-0.05, 0) is 67.6 Å². The highest BCUT2D eigenvalue weighted by molar-refractivity contribution is 6.32. The number of carbonyl (C=O) groups is 1. The van der Waals surface area contributed by atoms with E-state index in [1.165, 1.54) is 19.1 Å². The molecule has 2 N–H and O–H groups in total. The summed E-state index contributed by atoms with van der Waals surface area (Å²) < 4.78 is 59.2. The van der Waals surface area contributed by atoms with E-state index in [9.17, 15) is 22.4 Å². The number of nitrogens with zero attached hydrogens (tertiary/aromatic N) is 1. The van der Waals surface area contributed by atoms with E-state index in [-0.39, 0.29) is 28.4 Å². The molecule has 1 aliphatic carbocycles. The third-order valence-corrected chi connectivity index (χ3v) is 5.47. The topological polar surface area (TPSA) is 65.2 Å². The molecule has 32 heavy (non-hydrogen) atoms. The van der Waals surface area contributed by atoms with Gasteiger partial charge in [0.1, 0.15) is 17.3 Å². The number of nitrogens with two attached hydrogens (primary N) is 1. The molecule has 1 amide bonds. The van der Waals surface area contributed by atoms with Gasteiger partial charge in [-0.3, -0.25) is 9.78 Å². The van der Waals surface area contributed by atoms with Crippen molar-refractivity contribution >= 4 is 17.5 Å². The van der Waals surface area contributed by atoms with E-state index >= 15 is 0 Å². The fourth-order valence-electron chi connectivity index (χ4n) is 3.51. The highest BCUT2D eigenvalue weighted by Crippen LogP contribution is 2.43. The minimum absolute atomic E-state index is 0.122. The number of rotatable bonds is 3. The van der Waals surface area contributed by atoms with Crippen LogP contribution in [0.5, 0.6) is 11.5 Å². The molecule has 0 bridgehead atoms. The van der Waals surface area contributed by atoms with Gasteiger partial charge < -0.3 is 10.5 Å². The fourth-order valence-corrected chi connectivity index (χ4v) is 3.77. The zero-order valence-electron chi connectivity index (χ0n) is 17.0. The third-order valence-electron chi connectivity index (χ3n) is 4.99. The van der Waals surface area contributed by atoms with Crippen molar-refractivity contribution in [1.82, 2.24) is 4.98 Å². The number of amides is 1. The number of fused-ring (bicyclic) bond motifs is 1. The maximum atomic E-state index is 13.9. The van der Waals surface area contributed by atoms with Gasteiger partial charge >= 0.3 is 6.18 Å². The number of hydrogen-bond acceptors (Lipinski definition) is 3. The number of ether oxygens (including phenoxy) is 1. The SMILES string of the molecule is Cc1c(Cl)c(C(F)(F)F)cc(Oc2ccc(F)c3c2CCC3)c1C(N)=O.c1ccncc1. The third kappa shape index (κ3) is 5.02. The first-order chi connectivity index (χ1) is 15.1. The Labute approximate surface area is 187 Å². The predicted octanol–water partition coefficient (Wildman–Crippen LogP) is 6.27. The summed E-state index contributed by atoms with van der Waals surface area (Å²) in [5.41, 5.74) is 4.89. The van der Waals surface area contributed by atoms with Crippen molar-refractivity contribution in [3.8, 4) is 11.5 Å². The van der Waals surface area contributed by atoms with E-state index in [1.807, 2.05) is 18.2 Å². The van der Waals surface area contributed by atoms with Gasteiger partial charge in [-0.2, -0.15) is 13.2 Å². The first-order valence-corrected chi connectivity index (χ1v) is 10.0. The first-order valence-electron chi connectivity index (χ1n) is 9.64. The average Bonchev–Trinajstić information content (AvgIpc) is 3.24. The van der Waals surface area contributed by atoms with Crippen LogP contribution in [0.2, 0.25) is 5.02 Å². The number of alkyl halides is 3. The lowest BCUT2D eigenvalue weighted by Gasteiger charge is -2.19. The second-order valence-corrected chi connectivity index (χ2v) is 7.46. The van der Waals surface area contributed by atoms with Crippen LogP contribution in [0.15, 0.2) is 48.8 Å². The molecule has 0 atom stereocenters. The van der Waals surface area contributed by atoms with E-state index in [0.717, 1.165) is 0 Å². The highest BCUT2D eigenvalue weighted by atomic mass is 35.5. The van der Waals surface area contributed by atoms with Gasteiger partial charge in [0.2, 0.25) is 0 Å². The summed E-state index contributed by atoms with van der Waals surface area (Å²) in [7, 11) is 0. The molecular formula is C23H19ClF4N2O2. The smallest absolute Gasteiger partial charge is 0.417 e. The number of hydrogen-bond donors (Lipinski definition) is 1. The van der Waals surface area contributed by atoms with Crippen LogP contribution in [0.4, 0.5) is 17.6 Å². The number of pyridine rings is 1. The Bertz CT molecular complexity index is 1110. The van der Waals surface area contributed by atoms with Crippen LogP contribution < -0.4 is 10.5 Å². The molecule has 0 spiro atoms. The summed E-state index contributed by atoms with van der Waals surface area (Å²) in [6, 6.07) is 8.89. The lowest BCUT2D eigenvalue weighted by atomic mass is 10.0. The summed E-state index contributed by atoms with van der Waals surface area (Å²) in [4.78, 5) is 15.6. The van der Waals surface area contributed by atoms with Crippen LogP contribution in [0.25, 0.3) is 0 Å². The highest BCUT2D eigenvalue weighted by Gasteiger charge is 2.36. The standard InChI is InChI=1S/C18H14ClF4NO2.C5H5N/c1-8-15(17(24)25)14(7-11(16(8)19)18(21,22)23)26-13-6-5-12(20)9-3-2-4-10(9)13;1-2-4-6-5-3-1/h5-7H,2-4H2,1H3,(H2,24,25);1-5H. The van der Waals surface area contributed by atoms with E-state index in [4.69, 9.17) is 22.1 Å². The van der Waals surface area contributed by atoms with Gasteiger partial charge in [-0.1, -0.05) is 17.7 Å². The average molecular weight is 467 g/mol. The fraction of sp³-hybridized carbons (Fsp3) is 0.217. The molecule has 4 nitrogen and oxygen atoms in total. The first kappa shape index (κ1) is 23.5. The minimum atomic E-state index is -4.74. The molecule has 0 fully saturated rings. The van der Waals surface area contributed by atoms with E-state index in [2.05, 4.69) is 4.98 Å². The van der Waals surface area contributed by atoms with Gasteiger partial charge in [0.15, 0.2) is 0 Å². The van der Waals surface area contributed by atoms with Crippen LogP contribution in [-0.2, 0) is 19.0 Å². The number of carbonyl (C=O) groups excluding carboxylic acids is 1. The number of primary amides is 1. The molecule has 168 valence electrons. The maximum absolute atomic E-state index is 13.9. The van der Waals surface area contributed by atoms with Crippen molar-refractivity contribution in [3.63, 3.8) is 0 Å². The second kappa shape index (κ2) is 9.56. The van der Waals surface area contributed by atoms with Crippen LogP contribution in [0.3, 0.4) is 0 Å². The minimum Gasteiger partial charge on any atom is -0.456 e. The Hall–Kier alpha value is -3.13. The van der Waals surface area contributed by atoms with Gasteiger partial charge in [0.05, 0.1) is 16.1 Å². The van der Waals surface area contributed by atoms with Gasteiger partial charge in [0, 0.05) is 18.0 Å². The molecule has 0 radical (unpaired) electrons. The summed E-state index contributed by atoms with van der Waals surface area (Å²) in [5, 5.41) is -0.608. The normalized spacial score (nSPS) is 12.6. The molecule has 0 aliphatic heterocycles. The molecule has 4 rings (SSSR count). The van der Waals surface area contributed by atoms with Gasteiger partial charge in [-0.25, -0.2) is 4.39 Å². The Morgan fingerprint density at radius 3 is 2.28 bits per heavy atom. The Balaban J connectivity index is 0.000000416. The monoisotopic (exact) mass is 466 g/mol. The van der Waals surface area contributed by atoms with E-state index in [1.54, 1.807) is 12.4 Å². The molecule has 1 aliphatic rings. The van der Waals surface area contributed by atoms with Crippen molar-refractivity contribution in [1.29, 1.82) is 0 Å². The Kier molecular flexibility index (Phi) is 7.03. The molecular weight excluding hydrogens is 448 g/mol. The summed E-state index contributed by atoms with van der Waals surface area (Å²) >= 11 is 5.78.